The third-order valence-electron chi connectivity index (χ3n) is 18.3. The van der Waals surface area contributed by atoms with E-state index in [1.165, 1.54) is 360 Å². The molecule has 0 aromatic heterocycles. The largest absolute Gasteiger partial charge is 0.466 e. The Balaban J connectivity index is 3.36. The van der Waals surface area contributed by atoms with Crippen molar-refractivity contribution in [2.45, 2.75) is 450 Å². The number of hydrogen-bond acceptors (Lipinski definition) is 5. The third kappa shape index (κ3) is 69.4. The van der Waals surface area contributed by atoms with E-state index in [0.29, 0.717) is 25.9 Å². The molecule has 6 heteroatoms. The van der Waals surface area contributed by atoms with Crippen LogP contribution >= 0.6 is 0 Å². The molecule has 3 N–H and O–H groups in total. The number of carbonyl (C=O) groups is 2. The summed E-state index contributed by atoms with van der Waals surface area (Å²) in [5.41, 5.74) is 0. The average molecular weight is 1180 g/mol. The molecule has 0 aliphatic carbocycles. The van der Waals surface area contributed by atoms with E-state index in [0.717, 1.165) is 44.9 Å². The minimum absolute atomic E-state index is 0.0192. The average Bonchev–Trinajstić information content (AvgIpc) is 3.50. The minimum Gasteiger partial charge on any atom is -0.466 e. The number of unbranched alkanes of at least 4 members (excludes halogenated alkanes) is 58. The summed E-state index contributed by atoms with van der Waals surface area (Å²) in [5.74, 6) is -0.00832. The Morgan fingerprint density at radius 1 is 0.333 bits per heavy atom. The van der Waals surface area contributed by atoms with E-state index in [1.807, 2.05) is 0 Å². The van der Waals surface area contributed by atoms with Gasteiger partial charge in [-0.15, -0.1) is 0 Å². The number of ether oxygens (including phenoxy) is 1. The Hall–Kier alpha value is -1.66. The Labute approximate surface area is 526 Å². The minimum atomic E-state index is -0.663. The first-order valence-electron chi connectivity index (χ1n) is 38.6. The number of rotatable bonds is 73. The highest BCUT2D eigenvalue weighted by Crippen LogP contribution is 2.20. The molecule has 0 bridgehead atoms. The SMILES string of the molecule is CCCCCCCCCCCCCCCCCCCCCC(O)C(CO)NC(=O)CCCCCCCCCCCCCCCCCCC/C=C\C/C=C\CCCCCCCCCCCCCCCOC(=O)CCCCCCCCCCCCC. The first-order valence-corrected chi connectivity index (χ1v) is 38.6. The van der Waals surface area contributed by atoms with Crippen molar-refractivity contribution in [3.63, 3.8) is 0 Å². The van der Waals surface area contributed by atoms with Crippen LogP contribution in [0.2, 0.25) is 0 Å². The topological polar surface area (TPSA) is 95.9 Å². The van der Waals surface area contributed by atoms with E-state index in [1.54, 1.807) is 0 Å². The van der Waals surface area contributed by atoms with Gasteiger partial charge in [-0.2, -0.15) is 0 Å². The van der Waals surface area contributed by atoms with Crippen molar-refractivity contribution in [2.75, 3.05) is 13.2 Å². The molecular weight excluding hydrogens is 1030 g/mol. The fourth-order valence-electron chi connectivity index (χ4n) is 12.4. The molecule has 6 nitrogen and oxygen atoms in total. The van der Waals surface area contributed by atoms with Gasteiger partial charge in [-0.25, -0.2) is 0 Å². The van der Waals surface area contributed by atoms with Crippen LogP contribution < -0.4 is 5.32 Å². The van der Waals surface area contributed by atoms with Crippen LogP contribution in [0, 0.1) is 0 Å². The van der Waals surface area contributed by atoms with E-state index in [4.69, 9.17) is 4.74 Å². The van der Waals surface area contributed by atoms with Crippen molar-refractivity contribution >= 4 is 11.9 Å². The first kappa shape index (κ1) is 82.3. The maximum absolute atomic E-state index is 12.5. The predicted molar refractivity (Wildman–Crippen MR) is 370 cm³/mol. The molecule has 0 aromatic rings. The monoisotopic (exact) mass is 1180 g/mol. The van der Waals surface area contributed by atoms with Crippen LogP contribution in [0.5, 0.6) is 0 Å². The third-order valence-corrected chi connectivity index (χ3v) is 18.3. The first-order chi connectivity index (χ1) is 41.5. The summed E-state index contributed by atoms with van der Waals surface area (Å²) < 4.78 is 5.48. The zero-order valence-corrected chi connectivity index (χ0v) is 57.2. The number of aliphatic hydroxyl groups excluding tert-OH is 2. The summed E-state index contributed by atoms with van der Waals surface area (Å²) >= 11 is 0. The molecule has 2 unspecified atom stereocenters. The molecule has 0 aliphatic rings. The normalized spacial score (nSPS) is 12.6. The summed E-state index contributed by atoms with van der Waals surface area (Å²) in [6.45, 7) is 5.00. The van der Waals surface area contributed by atoms with E-state index in [9.17, 15) is 19.8 Å². The fraction of sp³-hybridized carbons (Fsp3) is 0.923. The molecule has 0 spiro atoms. The van der Waals surface area contributed by atoms with Gasteiger partial charge in [0.15, 0.2) is 0 Å². The lowest BCUT2D eigenvalue weighted by atomic mass is 10.0. The Bertz CT molecular complexity index is 1320. The summed E-state index contributed by atoms with van der Waals surface area (Å²) in [6.07, 6.45) is 94.1. The zero-order chi connectivity index (χ0) is 60.6. The van der Waals surface area contributed by atoms with Crippen molar-refractivity contribution < 1.29 is 24.5 Å². The summed E-state index contributed by atoms with van der Waals surface area (Å²) in [4.78, 5) is 24.6. The predicted octanol–water partition coefficient (Wildman–Crippen LogP) is 25.3. The maximum Gasteiger partial charge on any atom is 0.305 e. The number of esters is 1. The molecule has 0 aromatic carbocycles. The lowest BCUT2D eigenvalue weighted by molar-refractivity contribution is -0.143. The highest BCUT2D eigenvalue weighted by atomic mass is 16.5. The molecule has 0 heterocycles. The molecule has 498 valence electrons. The fourth-order valence-corrected chi connectivity index (χ4v) is 12.4. The number of hydrogen-bond donors (Lipinski definition) is 3. The summed E-state index contributed by atoms with van der Waals surface area (Å²) in [6, 6.07) is -0.540. The molecule has 0 saturated carbocycles. The quantitative estimate of drug-likeness (QED) is 0.0320. The van der Waals surface area contributed by atoms with Crippen LogP contribution in [0.1, 0.15) is 438 Å². The van der Waals surface area contributed by atoms with Crippen molar-refractivity contribution in [3.8, 4) is 0 Å². The second-order valence-electron chi connectivity index (χ2n) is 26.7. The van der Waals surface area contributed by atoms with Crippen molar-refractivity contribution in [1.82, 2.24) is 5.32 Å². The second kappa shape index (κ2) is 73.8. The van der Waals surface area contributed by atoms with Gasteiger partial charge in [-0.1, -0.05) is 391 Å². The molecule has 0 fully saturated rings. The second-order valence-corrected chi connectivity index (χ2v) is 26.7. The zero-order valence-electron chi connectivity index (χ0n) is 57.2. The molecule has 2 atom stereocenters. The molecule has 0 rings (SSSR count). The van der Waals surface area contributed by atoms with Crippen molar-refractivity contribution in [1.29, 1.82) is 0 Å². The maximum atomic E-state index is 12.5. The van der Waals surface area contributed by atoms with Crippen LogP contribution in [-0.2, 0) is 14.3 Å². The molecule has 84 heavy (non-hydrogen) atoms. The van der Waals surface area contributed by atoms with Crippen molar-refractivity contribution in [3.05, 3.63) is 24.3 Å². The molecule has 0 radical (unpaired) electrons. The molecular formula is C78H151NO5. The standard InChI is InChI=1S/C78H151NO5/c1-3-5-7-9-11-13-15-16-17-18-38-41-44-47-51-54-58-62-66-70-76(81)75(74-80)79-77(82)71-67-63-59-55-52-48-45-42-39-36-34-32-30-28-26-24-22-20-19-21-23-25-27-29-31-33-35-37-40-43-46-49-53-57-61-65-69-73-84-78(83)72-68-64-60-56-50-14-12-10-8-6-4-2/h19,21,25,27,75-76,80-81H,3-18,20,22-24,26,28-74H2,1-2H3,(H,79,82)/b21-19-,27-25-. The van der Waals surface area contributed by atoms with E-state index >= 15 is 0 Å². The smallest absolute Gasteiger partial charge is 0.305 e. The van der Waals surface area contributed by atoms with Gasteiger partial charge in [0.25, 0.3) is 0 Å². The number of amides is 1. The Kier molecular flexibility index (Phi) is 72.3. The van der Waals surface area contributed by atoms with Gasteiger partial charge in [0.2, 0.25) is 5.91 Å². The number of allylic oxidation sites excluding steroid dienone is 4. The Morgan fingerprint density at radius 3 is 0.905 bits per heavy atom. The van der Waals surface area contributed by atoms with E-state index < -0.39 is 12.1 Å². The van der Waals surface area contributed by atoms with Crippen LogP contribution in [0.4, 0.5) is 0 Å². The highest BCUT2D eigenvalue weighted by Gasteiger charge is 2.20. The van der Waals surface area contributed by atoms with Crippen LogP contribution in [-0.4, -0.2) is 47.4 Å². The van der Waals surface area contributed by atoms with Gasteiger partial charge in [0.1, 0.15) is 0 Å². The van der Waals surface area contributed by atoms with Gasteiger partial charge >= 0.3 is 5.97 Å². The summed E-state index contributed by atoms with van der Waals surface area (Å²) in [7, 11) is 0. The van der Waals surface area contributed by atoms with Crippen LogP contribution in [0.15, 0.2) is 24.3 Å². The summed E-state index contributed by atoms with van der Waals surface area (Å²) in [5, 5.41) is 23.4. The lowest BCUT2D eigenvalue weighted by Gasteiger charge is -2.22. The lowest BCUT2D eigenvalue weighted by Crippen LogP contribution is -2.45. The number of aliphatic hydroxyl groups is 2. The van der Waals surface area contributed by atoms with Gasteiger partial charge in [-0.05, 0) is 57.8 Å². The van der Waals surface area contributed by atoms with E-state index in [2.05, 4.69) is 43.5 Å². The van der Waals surface area contributed by atoms with Gasteiger partial charge in [-0.3, -0.25) is 9.59 Å². The van der Waals surface area contributed by atoms with Gasteiger partial charge in [0, 0.05) is 12.8 Å². The van der Waals surface area contributed by atoms with Crippen molar-refractivity contribution in [2.24, 2.45) is 0 Å². The number of nitrogens with one attached hydrogen (secondary N) is 1. The highest BCUT2D eigenvalue weighted by molar-refractivity contribution is 5.76. The van der Waals surface area contributed by atoms with Crippen LogP contribution in [0.25, 0.3) is 0 Å². The molecule has 0 saturated heterocycles. The molecule has 0 aliphatic heterocycles. The van der Waals surface area contributed by atoms with E-state index in [-0.39, 0.29) is 18.5 Å². The van der Waals surface area contributed by atoms with Gasteiger partial charge < -0.3 is 20.3 Å². The Morgan fingerprint density at radius 2 is 0.595 bits per heavy atom. The number of carbonyl (C=O) groups excluding carboxylic acids is 2. The molecule has 1 amide bonds. The van der Waals surface area contributed by atoms with Crippen LogP contribution in [0.3, 0.4) is 0 Å². The van der Waals surface area contributed by atoms with Gasteiger partial charge in [0.05, 0.1) is 25.4 Å².